The van der Waals surface area contributed by atoms with Crippen LogP contribution >= 0.6 is 0 Å². The molecular formula is C21H21F3N4O5. The number of benzene rings is 2. The first-order valence-electron chi connectivity index (χ1n) is 9.95. The molecule has 2 aromatic rings. The highest BCUT2D eigenvalue weighted by atomic mass is 19.4. The van der Waals surface area contributed by atoms with Gasteiger partial charge >= 0.3 is 6.36 Å². The van der Waals surface area contributed by atoms with E-state index in [9.17, 15) is 32.9 Å². The zero-order valence-corrected chi connectivity index (χ0v) is 17.6. The van der Waals surface area contributed by atoms with Crippen molar-refractivity contribution in [3.8, 4) is 5.75 Å². The molecule has 2 amide bonds. The molecule has 2 aromatic carbocycles. The average molecular weight is 466 g/mol. The number of carbonyl (C=O) groups excluding carboxylic acids is 2. The lowest BCUT2D eigenvalue weighted by atomic mass is 10.1. The maximum atomic E-state index is 12.5. The second-order valence-electron chi connectivity index (χ2n) is 7.33. The molecule has 9 nitrogen and oxygen atoms in total. The molecule has 176 valence electrons. The summed E-state index contributed by atoms with van der Waals surface area (Å²) in [6.07, 6.45) is -4.79. The Morgan fingerprint density at radius 3 is 2.27 bits per heavy atom. The number of rotatable bonds is 6. The normalized spacial score (nSPS) is 14.1. The maximum Gasteiger partial charge on any atom is 0.573 e. The number of amides is 2. The van der Waals surface area contributed by atoms with Crippen molar-refractivity contribution in [2.45, 2.75) is 19.8 Å². The van der Waals surface area contributed by atoms with Crippen LogP contribution in [0, 0.1) is 10.1 Å². The van der Waals surface area contributed by atoms with Gasteiger partial charge < -0.3 is 19.9 Å². The second kappa shape index (κ2) is 9.76. The van der Waals surface area contributed by atoms with Crippen molar-refractivity contribution in [3.63, 3.8) is 0 Å². The topological polar surface area (TPSA) is 105 Å². The van der Waals surface area contributed by atoms with Crippen molar-refractivity contribution in [2.24, 2.45) is 0 Å². The molecule has 1 aliphatic heterocycles. The van der Waals surface area contributed by atoms with E-state index < -0.39 is 17.2 Å². The van der Waals surface area contributed by atoms with E-state index in [1.54, 1.807) is 9.80 Å². The van der Waals surface area contributed by atoms with Crippen LogP contribution in [0.3, 0.4) is 0 Å². The molecule has 0 atom stereocenters. The fourth-order valence-corrected chi connectivity index (χ4v) is 3.43. The summed E-state index contributed by atoms with van der Waals surface area (Å²) in [6, 6.07) is 9.14. The molecule has 33 heavy (non-hydrogen) atoms. The zero-order chi connectivity index (χ0) is 24.2. The Bertz CT molecular complexity index is 1040. The van der Waals surface area contributed by atoms with Crippen molar-refractivity contribution in [2.75, 3.05) is 31.1 Å². The lowest BCUT2D eigenvalue weighted by molar-refractivity contribution is -0.384. The minimum absolute atomic E-state index is 0.00763. The molecule has 0 bridgehead atoms. The largest absolute Gasteiger partial charge is 0.573 e. The molecule has 1 heterocycles. The molecule has 0 spiro atoms. The quantitative estimate of drug-likeness (QED) is 0.518. The van der Waals surface area contributed by atoms with Gasteiger partial charge in [0.15, 0.2) is 0 Å². The van der Waals surface area contributed by atoms with Gasteiger partial charge in [0.2, 0.25) is 5.91 Å². The highest BCUT2D eigenvalue weighted by molar-refractivity contribution is 5.95. The number of nitrogens with zero attached hydrogens (tertiary/aromatic N) is 3. The van der Waals surface area contributed by atoms with Crippen LogP contribution in [-0.4, -0.2) is 54.2 Å². The number of nitro groups is 1. The number of nitro benzene ring substituents is 1. The Labute approximate surface area is 186 Å². The zero-order valence-electron chi connectivity index (χ0n) is 17.6. The first-order valence-corrected chi connectivity index (χ1v) is 9.95. The highest BCUT2D eigenvalue weighted by Crippen LogP contribution is 2.30. The number of anilines is 1. The van der Waals surface area contributed by atoms with Gasteiger partial charge in [-0.05, 0) is 29.8 Å². The van der Waals surface area contributed by atoms with Crippen LogP contribution in [0.15, 0.2) is 42.5 Å². The molecule has 0 saturated carbocycles. The van der Waals surface area contributed by atoms with Crippen LogP contribution in [0.25, 0.3) is 0 Å². The minimum atomic E-state index is -4.79. The molecule has 0 aliphatic carbocycles. The molecule has 1 N–H and O–H groups in total. The third-order valence-electron chi connectivity index (χ3n) is 5.11. The van der Waals surface area contributed by atoms with E-state index in [4.69, 9.17) is 0 Å². The number of alkyl halides is 3. The van der Waals surface area contributed by atoms with Crippen LogP contribution < -0.4 is 15.0 Å². The third-order valence-corrected chi connectivity index (χ3v) is 5.11. The Balaban J connectivity index is 1.65. The van der Waals surface area contributed by atoms with Crippen molar-refractivity contribution in [1.82, 2.24) is 10.2 Å². The number of carbonyl (C=O) groups is 2. The predicted octanol–water partition coefficient (Wildman–Crippen LogP) is 3.09. The van der Waals surface area contributed by atoms with Gasteiger partial charge in [-0.1, -0.05) is 12.1 Å². The molecule has 1 fully saturated rings. The second-order valence-corrected chi connectivity index (χ2v) is 7.33. The molecule has 0 unspecified atom stereocenters. The summed E-state index contributed by atoms with van der Waals surface area (Å²) in [5, 5.41) is 14.2. The van der Waals surface area contributed by atoms with Crippen LogP contribution in [0.1, 0.15) is 22.8 Å². The number of halogens is 3. The van der Waals surface area contributed by atoms with Crippen LogP contribution in [-0.2, 0) is 11.3 Å². The summed E-state index contributed by atoms with van der Waals surface area (Å²) in [6.45, 7) is 3.23. The molecule has 1 aliphatic rings. The van der Waals surface area contributed by atoms with E-state index in [0.29, 0.717) is 37.4 Å². The maximum absolute atomic E-state index is 12.5. The summed E-state index contributed by atoms with van der Waals surface area (Å²) < 4.78 is 40.5. The summed E-state index contributed by atoms with van der Waals surface area (Å²) in [4.78, 5) is 38.5. The molecule has 0 aromatic heterocycles. The fourth-order valence-electron chi connectivity index (χ4n) is 3.43. The van der Waals surface area contributed by atoms with Crippen molar-refractivity contribution in [3.05, 3.63) is 63.7 Å². The third kappa shape index (κ3) is 6.34. The van der Waals surface area contributed by atoms with Crippen LogP contribution in [0.5, 0.6) is 5.75 Å². The number of hydrogen-bond acceptors (Lipinski definition) is 6. The Kier molecular flexibility index (Phi) is 7.04. The number of nitrogens with one attached hydrogen (secondary N) is 1. The number of piperazine rings is 1. The van der Waals surface area contributed by atoms with E-state index in [1.807, 2.05) is 0 Å². The van der Waals surface area contributed by atoms with Crippen LogP contribution in [0.4, 0.5) is 24.5 Å². The van der Waals surface area contributed by atoms with Gasteiger partial charge in [0, 0.05) is 51.3 Å². The standard InChI is InChI=1S/C21H21F3N4O5/c1-14(29)26-8-10-27(11-9-26)18-7-4-16(12-19(18)28(31)32)20(30)25-13-15-2-5-17(6-3-15)33-21(22,23)24/h2-7,12H,8-11,13H2,1H3,(H,25,30). The lowest BCUT2D eigenvalue weighted by Gasteiger charge is -2.35. The van der Waals surface area contributed by atoms with E-state index in [0.717, 1.165) is 12.1 Å². The summed E-state index contributed by atoms with van der Waals surface area (Å²) in [7, 11) is 0. The van der Waals surface area contributed by atoms with Gasteiger partial charge in [-0.3, -0.25) is 19.7 Å². The number of hydrogen-bond donors (Lipinski definition) is 1. The number of ether oxygens (including phenoxy) is 1. The monoisotopic (exact) mass is 466 g/mol. The van der Waals surface area contributed by atoms with Gasteiger partial charge in [0.1, 0.15) is 11.4 Å². The Morgan fingerprint density at radius 1 is 1.09 bits per heavy atom. The average Bonchev–Trinajstić information content (AvgIpc) is 2.77. The smallest absolute Gasteiger partial charge is 0.406 e. The lowest BCUT2D eigenvalue weighted by Crippen LogP contribution is -2.48. The predicted molar refractivity (Wildman–Crippen MR) is 112 cm³/mol. The van der Waals surface area contributed by atoms with Gasteiger partial charge in [-0.15, -0.1) is 13.2 Å². The summed E-state index contributed by atoms with van der Waals surface area (Å²) in [5.41, 5.74) is 0.727. The molecular weight excluding hydrogens is 445 g/mol. The fraction of sp³-hybridized carbons (Fsp3) is 0.333. The van der Waals surface area contributed by atoms with Crippen molar-refractivity contribution in [1.29, 1.82) is 0 Å². The highest BCUT2D eigenvalue weighted by Gasteiger charge is 2.31. The van der Waals surface area contributed by atoms with Gasteiger partial charge in [0.25, 0.3) is 11.6 Å². The molecule has 3 rings (SSSR count). The van der Waals surface area contributed by atoms with Crippen LogP contribution in [0.2, 0.25) is 0 Å². The Hall–Kier alpha value is -3.83. The van der Waals surface area contributed by atoms with Gasteiger partial charge in [-0.25, -0.2) is 0 Å². The Morgan fingerprint density at radius 2 is 1.73 bits per heavy atom. The van der Waals surface area contributed by atoms with E-state index in [-0.39, 0.29) is 29.5 Å². The van der Waals surface area contributed by atoms with Gasteiger partial charge in [-0.2, -0.15) is 0 Å². The first kappa shape index (κ1) is 23.8. The minimum Gasteiger partial charge on any atom is -0.406 e. The summed E-state index contributed by atoms with van der Waals surface area (Å²) >= 11 is 0. The van der Waals surface area contributed by atoms with Crippen molar-refractivity contribution < 1.29 is 32.4 Å². The SMILES string of the molecule is CC(=O)N1CCN(c2ccc(C(=O)NCc3ccc(OC(F)(F)F)cc3)cc2[N+](=O)[O-])CC1. The molecule has 1 saturated heterocycles. The van der Waals surface area contributed by atoms with E-state index >= 15 is 0 Å². The first-order chi connectivity index (χ1) is 15.5. The van der Waals surface area contributed by atoms with E-state index in [1.165, 1.54) is 37.3 Å². The van der Waals surface area contributed by atoms with Crippen molar-refractivity contribution >= 4 is 23.2 Å². The van der Waals surface area contributed by atoms with Gasteiger partial charge in [0.05, 0.1) is 4.92 Å². The molecule has 0 radical (unpaired) electrons. The molecule has 12 heteroatoms. The van der Waals surface area contributed by atoms with E-state index in [2.05, 4.69) is 10.1 Å². The summed E-state index contributed by atoms with van der Waals surface area (Å²) in [5.74, 6) is -1.01.